The zero-order chi connectivity index (χ0) is 19.0. The van der Waals surface area contributed by atoms with Crippen LogP contribution in [0.15, 0.2) is 23.2 Å². The van der Waals surface area contributed by atoms with Crippen molar-refractivity contribution in [2.24, 2.45) is 10.4 Å². The molecule has 1 heterocycles. The molecule has 1 aliphatic carbocycles. The van der Waals surface area contributed by atoms with Crippen LogP contribution in [0.1, 0.15) is 45.4 Å². The largest absolute Gasteiger partial charge is 0.490 e. The van der Waals surface area contributed by atoms with Crippen molar-refractivity contribution in [2.75, 3.05) is 45.3 Å². The highest BCUT2D eigenvalue weighted by molar-refractivity contribution is 14.0. The second-order valence-electron chi connectivity index (χ2n) is 7.42. The van der Waals surface area contributed by atoms with E-state index in [0.717, 1.165) is 55.7 Å². The Morgan fingerprint density at radius 1 is 1.14 bits per heavy atom. The molecular formula is C21H34IN3O3. The fraction of sp³-hybridized carbons (Fsp3) is 0.667. The van der Waals surface area contributed by atoms with Crippen LogP contribution < -0.4 is 20.1 Å². The van der Waals surface area contributed by atoms with Gasteiger partial charge in [-0.2, -0.15) is 0 Å². The van der Waals surface area contributed by atoms with Crippen molar-refractivity contribution in [3.63, 3.8) is 0 Å². The summed E-state index contributed by atoms with van der Waals surface area (Å²) < 4.78 is 17.1. The smallest absolute Gasteiger partial charge is 0.195 e. The third-order valence-corrected chi connectivity index (χ3v) is 5.51. The molecule has 1 aliphatic heterocycles. The van der Waals surface area contributed by atoms with Crippen LogP contribution in [0.4, 0.5) is 5.69 Å². The number of nitrogens with zero attached hydrogens (tertiary/aromatic N) is 1. The Morgan fingerprint density at radius 3 is 2.61 bits per heavy atom. The van der Waals surface area contributed by atoms with Gasteiger partial charge in [0.05, 0.1) is 13.2 Å². The van der Waals surface area contributed by atoms with Gasteiger partial charge in [-0.05, 0) is 43.7 Å². The van der Waals surface area contributed by atoms with Crippen molar-refractivity contribution in [2.45, 2.75) is 45.4 Å². The molecule has 1 aromatic rings. The molecule has 0 atom stereocenters. The number of fused-ring (bicyclic) bond motifs is 1. The molecule has 0 unspecified atom stereocenters. The van der Waals surface area contributed by atoms with Gasteiger partial charge in [0.1, 0.15) is 0 Å². The van der Waals surface area contributed by atoms with Crippen molar-refractivity contribution in [1.29, 1.82) is 0 Å². The minimum Gasteiger partial charge on any atom is -0.490 e. The molecule has 6 nitrogen and oxygen atoms in total. The van der Waals surface area contributed by atoms with Gasteiger partial charge in [0.25, 0.3) is 0 Å². The molecule has 0 amide bonds. The van der Waals surface area contributed by atoms with E-state index >= 15 is 0 Å². The van der Waals surface area contributed by atoms with Crippen LogP contribution in [-0.4, -0.2) is 46.0 Å². The predicted molar refractivity (Wildman–Crippen MR) is 124 cm³/mol. The van der Waals surface area contributed by atoms with E-state index in [1.54, 1.807) is 7.05 Å². The summed E-state index contributed by atoms with van der Waals surface area (Å²) in [4.78, 5) is 4.39. The van der Waals surface area contributed by atoms with Gasteiger partial charge in [0, 0.05) is 45.0 Å². The van der Waals surface area contributed by atoms with E-state index in [1.165, 1.54) is 25.7 Å². The van der Waals surface area contributed by atoms with Gasteiger partial charge >= 0.3 is 0 Å². The monoisotopic (exact) mass is 503 g/mol. The van der Waals surface area contributed by atoms with Gasteiger partial charge in [0.15, 0.2) is 17.5 Å². The number of hydrogen-bond acceptors (Lipinski definition) is 4. The maximum absolute atomic E-state index is 5.78. The van der Waals surface area contributed by atoms with Gasteiger partial charge in [-0.1, -0.05) is 12.8 Å². The lowest BCUT2D eigenvalue weighted by Gasteiger charge is -2.30. The topological polar surface area (TPSA) is 64.1 Å². The van der Waals surface area contributed by atoms with E-state index in [9.17, 15) is 0 Å². The molecule has 1 aromatic carbocycles. The Labute approximate surface area is 185 Å². The maximum Gasteiger partial charge on any atom is 0.195 e. The molecule has 0 aromatic heterocycles. The van der Waals surface area contributed by atoms with Gasteiger partial charge < -0.3 is 24.8 Å². The lowest BCUT2D eigenvalue weighted by atomic mass is 9.83. The summed E-state index contributed by atoms with van der Waals surface area (Å²) in [5.41, 5.74) is 1.26. The second kappa shape index (κ2) is 11.7. The third kappa shape index (κ3) is 6.40. The average Bonchev–Trinajstić information content (AvgIpc) is 3.02. The summed E-state index contributed by atoms with van der Waals surface area (Å²) in [5, 5.41) is 6.91. The number of guanidine groups is 1. The van der Waals surface area contributed by atoms with Gasteiger partial charge in [-0.25, -0.2) is 0 Å². The molecule has 3 rings (SSSR count). The molecule has 0 spiro atoms. The Kier molecular flexibility index (Phi) is 9.64. The van der Waals surface area contributed by atoms with Crippen LogP contribution in [0.3, 0.4) is 0 Å². The zero-order valence-corrected chi connectivity index (χ0v) is 19.4. The summed E-state index contributed by atoms with van der Waals surface area (Å²) in [6, 6.07) is 5.94. The predicted octanol–water partition coefficient (Wildman–Crippen LogP) is 4.44. The molecule has 1 saturated carbocycles. The highest BCUT2D eigenvalue weighted by atomic mass is 127. The van der Waals surface area contributed by atoms with E-state index in [0.29, 0.717) is 18.6 Å². The minimum absolute atomic E-state index is 0. The number of rotatable bonds is 7. The van der Waals surface area contributed by atoms with E-state index < -0.39 is 0 Å². The molecule has 0 saturated heterocycles. The number of aliphatic imine (C=N–C) groups is 1. The lowest BCUT2D eigenvalue weighted by molar-refractivity contribution is 0.105. The Hall–Kier alpha value is -1.22. The first-order valence-electron chi connectivity index (χ1n) is 10.2. The van der Waals surface area contributed by atoms with Crippen LogP contribution in [0.2, 0.25) is 0 Å². The van der Waals surface area contributed by atoms with Crippen molar-refractivity contribution >= 4 is 35.6 Å². The number of hydrogen-bond donors (Lipinski definition) is 2. The van der Waals surface area contributed by atoms with Gasteiger partial charge in [-0.15, -0.1) is 24.0 Å². The van der Waals surface area contributed by atoms with Crippen LogP contribution in [-0.2, 0) is 4.74 Å². The number of anilines is 1. The van der Waals surface area contributed by atoms with E-state index in [-0.39, 0.29) is 24.0 Å². The summed E-state index contributed by atoms with van der Waals surface area (Å²) in [6.45, 7) is 5.99. The number of ether oxygens (including phenoxy) is 3. The summed E-state index contributed by atoms with van der Waals surface area (Å²) >= 11 is 0. The molecule has 158 valence electrons. The number of benzene rings is 1. The quantitative estimate of drug-likeness (QED) is 0.249. The molecule has 0 radical (unpaired) electrons. The summed E-state index contributed by atoms with van der Waals surface area (Å²) in [5.74, 6) is 2.38. The van der Waals surface area contributed by atoms with Crippen molar-refractivity contribution < 1.29 is 14.2 Å². The van der Waals surface area contributed by atoms with Crippen LogP contribution in [0, 0.1) is 5.41 Å². The fourth-order valence-corrected chi connectivity index (χ4v) is 3.90. The van der Waals surface area contributed by atoms with Crippen LogP contribution >= 0.6 is 24.0 Å². The van der Waals surface area contributed by atoms with E-state index in [2.05, 4.69) is 22.5 Å². The van der Waals surface area contributed by atoms with Gasteiger partial charge in [0.2, 0.25) is 0 Å². The maximum atomic E-state index is 5.78. The molecule has 28 heavy (non-hydrogen) atoms. The number of halogens is 1. The highest BCUT2D eigenvalue weighted by Gasteiger charge is 2.33. The molecular weight excluding hydrogens is 469 g/mol. The first-order valence-corrected chi connectivity index (χ1v) is 10.2. The summed E-state index contributed by atoms with van der Waals surface area (Å²) in [7, 11) is 1.81. The van der Waals surface area contributed by atoms with Crippen LogP contribution in [0.25, 0.3) is 0 Å². The molecule has 7 heteroatoms. The zero-order valence-electron chi connectivity index (χ0n) is 17.1. The summed E-state index contributed by atoms with van der Waals surface area (Å²) in [6.07, 6.45) is 7.14. The molecule has 1 fully saturated rings. The molecule has 0 bridgehead atoms. The van der Waals surface area contributed by atoms with E-state index in [1.807, 2.05) is 18.2 Å². The first kappa shape index (κ1) is 23.1. The molecule has 2 aliphatic rings. The van der Waals surface area contributed by atoms with Crippen molar-refractivity contribution in [3.05, 3.63) is 18.2 Å². The fourth-order valence-electron chi connectivity index (χ4n) is 3.90. The van der Waals surface area contributed by atoms with Crippen LogP contribution in [0.5, 0.6) is 11.5 Å². The normalized spacial score (nSPS) is 18.1. The van der Waals surface area contributed by atoms with E-state index in [4.69, 9.17) is 14.2 Å². The van der Waals surface area contributed by atoms with Crippen molar-refractivity contribution in [1.82, 2.24) is 5.32 Å². The minimum atomic E-state index is 0. The Bertz CT molecular complexity index is 633. The third-order valence-electron chi connectivity index (χ3n) is 5.51. The Morgan fingerprint density at radius 2 is 1.89 bits per heavy atom. The SMILES string of the molecule is CCOCCC1(CNC(=NC)Nc2ccc3c(c2)OCCCO3)CCCC1.I. The molecule has 2 N–H and O–H groups in total. The second-order valence-corrected chi connectivity index (χ2v) is 7.42. The number of nitrogens with one attached hydrogen (secondary N) is 2. The average molecular weight is 503 g/mol. The lowest BCUT2D eigenvalue weighted by Crippen LogP contribution is -2.40. The first-order chi connectivity index (χ1) is 13.2. The standard InChI is InChI=1S/C21H33N3O3.HI/c1-3-25-14-11-21(9-4-5-10-21)16-23-20(22-2)24-17-7-8-18-19(15-17)27-13-6-12-26-18;/h7-8,15H,3-6,9-14,16H2,1-2H3,(H2,22,23,24);1H. The Balaban J connectivity index is 0.00000280. The van der Waals surface area contributed by atoms with Crippen molar-refractivity contribution in [3.8, 4) is 11.5 Å². The van der Waals surface area contributed by atoms with Gasteiger partial charge in [-0.3, -0.25) is 4.99 Å². The highest BCUT2D eigenvalue weighted by Crippen LogP contribution is 2.40.